The molecule has 88 valence electrons. The maximum Gasteiger partial charge on any atom is 0.138 e. The van der Waals surface area contributed by atoms with E-state index in [2.05, 4.69) is 33.6 Å². The van der Waals surface area contributed by atoms with E-state index in [1.165, 1.54) is 11.1 Å². The molecule has 0 radical (unpaired) electrons. The van der Waals surface area contributed by atoms with Gasteiger partial charge in [-0.15, -0.1) is 16.9 Å². The molecule has 0 spiro atoms. The summed E-state index contributed by atoms with van der Waals surface area (Å²) in [4.78, 5) is 0. The molecule has 0 atom stereocenters. The van der Waals surface area contributed by atoms with Crippen LogP contribution in [0.4, 0.5) is 0 Å². The molecule has 17 heavy (non-hydrogen) atoms. The molecule has 0 saturated carbocycles. The average molecular weight is 247 g/mol. The normalized spacial score (nSPS) is 13.4. The Balaban J connectivity index is 1.58. The molecule has 0 unspecified atom stereocenters. The summed E-state index contributed by atoms with van der Waals surface area (Å²) in [5.74, 6) is 2.07. The first kappa shape index (κ1) is 10.7. The van der Waals surface area contributed by atoms with Crippen LogP contribution < -0.4 is 4.74 Å². The molecular weight excluding hydrogens is 234 g/mol. The van der Waals surface area contributed by atoms with E-state index in [0.29, 0.717) is 0 Å². The zero-order valence-electron chi connectivity index (χ0n) is 9.35. The summed E-state index contributed by atoms with van der Waals surface area (Å²) in [5.41, 5.74) is 2.71. The summed E-state index contributed by atoms with van der Waals surface area (Å²) in [6, 6.07) is 6.48. The van der Waals surface area contributed by atoms with Gasteiger partial charge in [-0.05, 0) is 23.6 Å². The molecule has 2 aromatic rings. The van der Waals surface area contributed by atoms with Gasteiger partial charge in [0.05, 0.1) is 12.8 Å². The van der Waals surface area contributed by atoms with Crippen molar-refractivity contribution >= 4 is 11.8 Å². The van der Waals surface area contributed by atoms with E-state index >= 15 is 0 Å². The van der Waals surface area contributed by atoms with Crippen molar-refractivity contribution < 1.29 is 4.74 Å². The molecule has 1 aromatic heterocycles. The van der Waals surface area contributed by atoms with E-state index in [9.17, 15) is 0 Å². The first-order chi connectivity index (χ1) is 8.42. The average Bonchev–Trinajstić information content (AvgIpc) is 2.98. The number of hydrogen-bond acceptors (Lipinski definition) is 4. The second-order valence-corrected chi connectivity index (χ2v) is 5.06. The Labute approximate surface area is 104 Å². The highest BCUT2D eigenvalue weighted by Gasteiger charge is 2.11. The summed E-state index contributed by atoms with van der Waals surface area (Å²) in [6.45, 7) is 0.826. The molecule has 1 aliphatic rings. The SMILES string of the molecule is c1cc2c(cc1CCSc1cn[nH]n1)CCO2. The van der Waals surface area contributed by atoms with Crippen molar-refractivity contribution in [2.45, 2.75) is 17.9 Å². The van der Waals surface area contributed by atoms with Crippen LogP contribution in [0.5, 0.6) is 5.75 Å². The van der Waals surface area contributed by atoms with Crippen LogP contribution >= 0.6 is 11.8 Å². The van der Waals surface area contributed by atoms with E-state index in [0.717, 1.165) is 36.0 Å². The minimum Gasteiger partial charge on any atom is -0.493 e. The molecule has 4 nitrogen and oxygen atoms in total. The summed E-state index contributed by atoms with van der Waals surface area (Å²) < 4.78 is 5.49. The summed E-state index contributed by atoms with van der Waals surface area (Å²) in [7, 11) is 0. The number of rotatable bonds is 4. The molecule has 0 bridgehead atoms. The number of fused-ring (bicyclic) bond motifs is 1. The van der Waals surface area contributed by atoms with Crippen LogP contribution in [-0.2, 0) is 12.8 Å². The van der Waals surface area contributed by atoms with Crippen LogP contribution in [0.15, 0.2) is 29.4 Å². The third-order valence-corrected chi connectivity index (χ3v) is 3.69. The van der Waals surface area contributed by atoms with Crippen molar-refractivity contribution in [2.75, 3.05) is 12.4 Å². The number of benzene rings is 1. The van der Waals surface area contributed by atoms with Crippen molar-refractivity contribution in [1.29, 1.82) is 0 Å². The Kier molecular flexibility index (Phi) is 3.00. The van der Waals surface area contributed by atoms with E-state index < -0.39 is 0 Å². The van der Waals surface area contributed by atoms with Gasteiger partial charge in [0.2, 0.25) is 0 Å². The summed E-state index contributed by atoms with van der Waals surface area (Å²) >= 11 is 1.72. The molecule has 0 aliphatic carbocycles. The number of aromatic amines is 1. The van der Waals surface area contributed by atoms with E-state index in [-0.39, 0.29) is 0 Å². The van der Waals surface area contributed by atoms with Gasteiger partial charge in [-0.2, -0.15) is 10.3 Å². The monoisotopic (exact) mass is 247 g/mol. The Morgan fingerprint density at radius 2 is 2.41 bits per heavy atom. The third kappa shape index (κ3) is 2.44. The smallest absolute Gasteiger partial charge is 0.138 e. The number of thioether (sulfide) groups is 1. The predicted molar refractivity (Wildman–Crippen MR) is 66.5 cm³/mol. The number of hydrogen-bond donors (Lipinski definition) is 1. The zero-order chi connectivity index (χ0) is 11.5. The first-order valence-electron chi connectivity index (χ1n) is 5.65. The molecule has 3 rings (SSSR count). The number of aryl methyl sites for hydroxylation is 1. The maximum atomic E-state index is 5.49. The number of nitrogens with zero attached hydrogens (tertiary/aromatic N) is 2. The Hall–Kier alpha value is -1.49. The largest absolute Gasteiger partial charge is 0.493 e. The highest BCUT2D eigenvalue weighted by atomic mass is 32.2. The second kappa shape index (κ2) is 4.79. The lowest BCUT2D eigenvalue weighted by molar-refractivity contribution is 0.357. The van der Waals surface area contributed by atoms with Crippen LogP contribution in [-0.4, -0.2) is 27.8 Å². The topological polar surface area (TPSA) is 50.8 Å². The zero-order valence-corrected chi connectivity index (χ0v) is 10.2. The molecular formula is C12H13N3OS. The first-order valence-corrected chi connectivity index (χ1v) is 6.63. The Morgan fingerprint density at radius 3 is 3.29 bits per heavy atom. The van der Waals surface area contributed by atoms with Gasteiger partial charge in [0.15, 0.2) is 0 Å². The fourth-order valence-electron chi connectivity index (χ4n) is 1.93. The van der Waals surface area contributed by atoms with Gasteiger partial charge in [0, 0.05) is 12.2 Å². The van der Waals surface area contributed by atoms with Crippen molar-refractivity contribution in [3.8, 4) is 5.75 Å². The van der Waals surface area contributed by atoms with Crippen LogP contribution in [0.3, 0.4) is 0 Å². The highest BCUT2D eigenvalue weighted by Crippen LogP contribution is 2.26. The molecule has 1 aliphatic heterocycles. The standard InChI is InChI=1S/C12H13N3OS/c1-2-11-10(3-5-16-11)7-9(1)4-6-17-12-8-13-15-14-12/h1-2,7-8H,3-6H2,(H,13,14,15). The number of ether oxygens (including phenoxy) is 1. The van der Waals surface area contributed by atoms with Crippen LogP contribution in [0, 0.1) is 0 Å². The van der Waals surface area contributed by atoms with E-state index in [1.807, 2.05) is 0 Å². The van der Waals surface area contributed by atoms with Gasteiger partial charge >= 0.3 is 0 Å². The number of H-pyrrole nitrogens is 1. The summed E-state index contributed by atoms with van der Waals surface area (Å²) in [6.07, 6.45) is 3.84. The predicted octanol–water partition coefficient (Wildman–Crippen LogP) is 2.07. The van der Waals surface area contributed by atoms with Crippen molar-refractivity contribution in [3.63, 3.8) is 0 Å². The Bertz CT molecular complexity index is 498. The lowest BCUT2D eigenvalue weighted by atomic mass is 10.1. The van der Waals surface area contributed by atoms with Crippen LogP contribution in [0.25, 0.3) is 0 Å². The van der Waals surface area contributed by atoms with Gasteiger partial charge in [0.25, 0.3) is 0 Å². The third-order valence-electron chi connectivity index (χ3n) is 2.79. The van der Waals surface area contributed by atoms with Crippen molar-refractivity contribution in [3.05, 3.63) is 35.5 Å². The number of aromatic nitrogens is 3. The van der Waals surface area contributed by atoms with Gasteiger partial charge in [0.1, 0.15) is 10.8 Å². The second-order valence-electron chi connectivity index (χ2n) is 3.95. The fraction of sp³-hybridized carbons (Fsp3) is 0.333. The van der Waals surface area contributed by atoms with Gasteiger partial charge in [-0.3, -0.25) is 0 Å². The van der Waals surface area contributed by atoms with Gasteiger partial charge < -0.3 is 4.74 Å². The molecule has 2 heterocycles. The molecule has 0 amide bonds. The molecule has 0 saturated heterocycles. The van der Waals surface area contributed by atoms with Crippen LogP contribution in [0.1, 0.15) is 11.1 Å². The maximum absolute atomic E-state index is 5.49. The molecule has 5 heteroatoms. The van der Waals surface area contributed by atoms with Gasteiger partial charge in [-0.25, -0.2) is 0 Å². The molecule has 1 aromatic carbocycles. The highest BCUT2D eigenvalue weighted by molar-refractivity contribution is 7.99. The lowest BCUT2D eigenvalue weighted by Gasteiger charge is -2.03. The molecule has 0 fully saturated rings. The quantitative estimate of drug-likeness (QED) is 0.840. The fourth-order valence-corrected chi connectivity index (χ4v) is 2.71. The minimum atomic E-state index is 0.826. The Morgan fingerprint density at radius 1 is 1.41 bits per heavy atom. The van der Waals surface area contributed by atoms with Crippen LogP contribution in [0.2, 0.25) is 0 Å². The van der Waals surface area contributed by atoms with Crippen molar-refractivity contribution in [2.24, 2.45) is 0 Å². The minimum absolute atomic E-state index is 0.826. The lowest BCUT2D eigenvalue weighted by Crippen LogP contribution is -1.90. The van der Waals surface area contributed by atoms with Gasteiger partial charge in [-0.1, -0.05) is 12.1 Å². The van der Waals surface area contributed by atoms with E-state index in [1.54, 1.807) is 18.0 Å². The summed E-state index contributed by atoms with van der Waals surface area (Å²) in [5, 5.41) is 11.4. The van der Waals surface area contributed by atoms with E-state index in [4.69, 9.17) is 4.74 Å². The molecule has 1 N–H and O–H groups in total. The number of nitrogens with one attached hydrogen (secondary N) is 1. The van der Waals surface area contributed by atoms with Crippen molar-refractivity contribution in [1.82, 2.24) is 15.4 Å².